The highest BCUT2D eigenvalue weighted by atomic mass is 32.1. The second-order valence-electron chi connectivity index (χ2n) is 5.85. The maximum absolute atomic E-state index is 12.5. The fourth-order valence-corrected chi connectivity index (χ4v) is 3.87. The summed E-state index contributed by atoms with van der Waals surface area (Å²) >= 11 is 1.68. The lowest BCUT2D eigenvalue weighted by molar-refractivity contribution is 0.102. The second kappa shape index (κ2) is 6.72. The Kier molecular flexibility index (Phi) is 4.28. The molecule has 4 rings (SSSR count). The lowest BCUT2D eigenvalue weighted by Gasteiger charge is -2.18. The number of hydrogen-bond donors (Lipinski definition) is 1. The summed E-state index contributed by atoms with van der Waals surface area (Å²) in [6, 6.07) is 11.0. The van der Waals surface area contributed by atoms with Crippen LogP contribution >= 0.6 is 11.3 Å². The van der Waals surface area contributed by atoms with E-state index in [2.05, 4.69) is 17.2 Å². The molecule has 6 heteroatoms. The van der Waals surface area contributed by atoms with Gasteiger partial charge in [-0.3, -0.25) is 4.79 Å². The predicted molar refractivity (Wildman–Crippen MR) is 99.0 cm³/mol. The SMILES string of the molecule is CCCc1nc2ccc(NC(=O)c3ccc4c(c3)OCCO4)cc2s1. The van der Waals surface area contributed by atoms with Gasteiger partial charge >= 0.3 is 0 Å². The van der Waals surface area contributed by atoms with E-state index in [0.717, 1.165) is 33.8 Å². The summed E-state index contributed by atoms with van der Waals surface area (Å²) < 4.78 is 12.1. The fraction of sp³-hybridized carbons (Fsp3) is 0.263. The number of nitrogens with one attached hydrogen (secondary N) is 1. The molecule has 1 aliphatic rings. The minimum atomic E-state index is -0.172. The number of thiazole rings is 1. The van der Waals surface area contributed by atoms with Gasteiger partial charge in [0.25, 0.3) is 5.91 Å². The fourth-order valence-electron chi connectivity index (χ4n) is 2.76. The Balaban J connectivity index is 1.54. The number of hydrogen-bond acceptors (Lipinski definition) is 5. The predicted octanol–water partition coefficient (Wildman–Crippen LogP) is 4.27. The van der Waals surface area contributed by atoms with E-state index in [9.17, 15) is 4.79 Å². The third kappa shape index (κ3) is 3.30. The molecule has 128 valence electrons. The van der Waals surface area contributed by atoms with E-state index in [1.165, 1.54) is 0 Å². The van der Waals surface area contributed by atoms with Gasteiger partial charge in [0.15, 0.2) is 11.5 Å². The highest BCUT2D eigenvalue weighted by Crippen LogP contribution is 2.31. The van der Waals surface area contributed by atoms with E-state index in [4.69, 9.17) is 9.47 Å². The first kappa shape index (κ1) is 15.9. The number of carbonyl (C=O) groups is 1. The van der Waals surface area contributed by atoms with Crippen molar-refractivity contribution < 1.29 is 14.3 Å². The molecule has 2 heterocycles. The van der Waals surface area contributed by atoms with Gasteiger partial charge in [0, 0.05) is 11.3 Å². The van der Waals surface area contributed by atoms with Gasteiger partial charge in [0.1, 0.15) is 13.2 Å². The number of aromatic nitrogens is 1. The van der Waals surface area contributed by atoms with E-state index in [-0.39, 0.29) is 5.91 Å². The van der Waals surface area contributed by atoms with Gasteiger partial charge in [-0.1, -0.05) is 6.92 Å². The van der Waals surface area contributed by atoms with Crippen molar-refractivity contribution in [3.8, 4) is 11.5 Å². The molecule has 2 aromatic carbocycles. The summed E-state index contributed by atoms with van der Waals surface area (Å²) in [4.78, 5) is 17.1. The Morgan fingerprint density at radius 2 is 2.00 bits per heavy atom. The standard InChI is InChI=1S/C19H18N2O3S/c1-2-3-18-21-14-6-5-13(11-17(14)25-18)20-19(22)12-4-7-15-16(10-12)24-9-8-23-15/h4-7,10-11H,2-3,8-9H2,1H3,(H,20,22). The summed E-state index contributed by atoms with van der Waals surface area (Å²) in [6.45, 7) is 3.18. The lowest BCUT2D eigenvalue weighted by atomic mass is 10.1. The van der Waals surface area contributed by atoms with Crippen molar-refractivity contribution in [1.82, 2.24) is 4.98 Å². The Hall–Kier alpha value is -2.60. The number of nitrogens with zero attached hydrogens (tertiary/aromatic N) is 1. The first-order valence-corrected chi connectivity index (χ1v) is 9.15. The van der Waals surface area contributed by atoms with Crippen molar-refractivity contribution in [2.75, 3.05) is 18.5 Å². The Labute approximate surface area is 149 Å². The number of ether oxygens (including phenoxy) is 2. The molecule has 0 atom stereocenters. The Bertz CT molecular complexity index is 936. The normalized spacial score (nSPS) is 13.0. The minimum absolute atomic E-state index is 0.172. The number of amides is 1. The van der Waals surface area contributed by atoms with Crippen molar-refractivity contribution in [3.05, 3.63) is 47.0 Å². The van der Waals surface area contributed by atoms with Crippen LogP contribution in [0.3, 0.4) is 0 Å². The maximum Gasteiger partial charge on any atom is 0.255 e. The van der Waals surface area contributed by atoms with Crippen molar-refractivity contribution in [1.29, 1.82) is 0 Å². The smallest absolute Gasteiger partial charge is 0.255 e. The van der Waals surface area contributed by atoms with E-state index in [0.29, 0.717) is 30.3 Å². The average Bonchev–Trinajstić information content (AvgIpc) is 3.03. The molecule has 1 N–H and O–H groups in total. The van der Waals surface area contributed by atoms with Crippen LogP contribution in [-0.4, -0.2) is 24.1 Å². The van der Waals surface area contributed by atoms with Crippen LogP contribution < -0.4 is 14.8 Å². The number of rotatable bonds is 4. The molecule has 0 aliphatic carbocycles. The second-order valence-corrected chi connectivity index (χ2v) is 6.97. The summed E-state index contributed by atoms with van der Waals surface area (Å²) in [6.07, 6.45) is 2.06. The van der Waals surface area contributed by atoms with Crippen molar-refractivity contribution in [2.24, 2.45) is 0 Å². The van der Waals surface area contributed by atoms with Crippen LogP contribution in [0.25, 0.3) is 10.2 Å². The van der Waals surface area contributed by atoms with Gasteiger partial charge in [-0.2, -0.15) is 0 Å². The molecule has 0 bridgehead atoms. The monoisotopic (exact) mass is 354 g/mol. The quantitative estimate of drug-likeness (QED) is 0.760. The van der Waals surface area contributed by atoms with E-state index in [1.807, 2.05) is 18.2 Å². The summed E-state index contributed by atoms with van der Waals surface area (Å²) in [7, 11) is 0. The van der Waals surface area contributed by atoms with Gasteiger partial charge in [0.2, 0.25) is 0 Å². The first-order valence-electron chi connectivity index (χ1n) is 8.33. The van der Waals surface area contributed by atoms with Crippen LogP contribution in [0.15, 0.2) is 36.4 Å². The Morgan fingerprint density at radius 3 is 2.84 bits per heavy atom. The minimum Gasteiger partial charge on any atom is -0.486 e. The van der Waals surface area contributed by atoms with E-state index >= 15 is 0 Å². The summed E-state index contributed by atoms with van der Waals surface area (Å²) in [5, 5.41) is 4.07. The van der Waals surface area contributed by atoms with Crippen molar-refractivity contribution >= 4 is 33.1 Å². The molecule has 0 spiro atoms. The molecule has 3 aromatic rings. The molecule has 5 nitrogen and oxygen atoms in total. The van der Waals surface area contributed by atoms with Gasteiger partial charge in [-0.15, -0.1) is 11.3 Å². The third-order valence-corrected chi connectivity index (χ3v) is 5.04. The number of benzene rings is 2. The molecule has 0 saturated carbocycles. The lowest BCUT2D eigenvalue weighted by Crippen LogP contribution is -2.17. The molecular weight excluding hydrogens is 336 g/mol. The zero-order valence-electron chi connectivity index (χ0n) is 13.9. The summed E-state index contributed by atoms with van der Waals surface area (Å²) in [5.41, 5.74) is 2.28. The highest BCUT2D eigenvalue weighted by molar-refractivity contribution is 7.18. The number of fused-ring (bicyclic) bond motifs is 2. The molecule has 0 fully saturated rings. The molecule has 1 aliphatic heterocycles. The van der Waals surface area contributed by atoms with Gasteiger partial charge < -0.3 is 14.8 Å². The van der Waals surface area contributed by atoms with Crippen LogP contribution in [-0.2, 0) is 6.42 Å². The van der Waals surface area contributed by atoms with E-state index < -0.39 is 0 Å². The highest BCUT2D eigenvalue weighted by Gasteiger charge is 2.15. The first-order chi connectivity index (χ1) is 12.2. The number of carbonyl (C=O) groups excluding carboxylic acids is 1. The molecule has 25 heavy (non-hydrogen) atoms. The molecule has 0 radical (unpaired) electrons. The molecule has 0 unspecified atom stereocenters. The maximum atomic E-state index is 12.5. The van der Waals surface area contributed by atoms with Gasteiger partial charge in [0.05, 0.1) is 15.2 Å². The van der Waals surface area contributed by atoms with Crippen LogP contribution in [0.2, 0.25) is 0 Å². The third-order valence-electron chi connectivity index (χ3n) is 3.96. The zero-order chi connectivity index (χ0) is 17.2. The van der Waals surface area contributed by atoms with Crippen LogP contribution in [0, 0.1) is 0 Å². The summed E-state index contributed by atoms with van der Waals surface area (Å²) in [5.74, 6) is 1.12. The van der Waals surface area contributed by atoms with Gasteiger partial charge in [-0.05, 0) is 49.2 Å². The van der Waals surface area contributed by atoms with Crippen molar-refractivity contribution in [2.45, 2.75) is 19.8 Å². The topological polar surface area (TPSA) is 60.5 Å². The van der Waals surface area contributed by atoms with E-state index in [1.54, 1.807) is 29.5 Å². The Morgan fingerprint density at radius 1 is 1.16 bits per heavy atom. The molecule has 0 saturated heterocycles. The van der Waals surface area contributed by atoms with Crippen LogP contribution in [0.4, 0.5) is 5.69 Å². The molecule has 1 amide bonds. The van der Waals surface area contributed by atoms with Gasteiger partial charge in [-0.25, -0.2) is 4.98 Å². The largest absolute Gasteiger partial charge is 0.486 e. The van der Waals surface area contributed by atoms with Crippen LogP contribution in [0.1, 0.15) is 28.7 Å². The zero-order valence-corrected chi connectivity index (χ0v) is 14.7. The molecular formula is C19H18N2O3S. The van der Waals surface area contributed by atoms with Crippen molar-refractivity contribution in [3.63, 3.8) is 0 Å². The number of anilines is 1. The molecule has 1 aromatic heterocycles. The number of aryl methyl sites for hydroxylation is 1. The average molecular weight is 354 g/mol. The van der Waals surface area contributed by atoms with Crippen LogP contribution in [0.5, 0.6) is 11.5 Å².